The molecule has 0 saturated heterocycles. The molecule has 1 rings (SSSR count). The van der Waals surface area contributed by atoms with E-state index in [0.29, 0.717) is 5.75 Å². The van der Waals surface area contributed by atoms with E-state index >= 15 is 0 Å². The summed E-state index contributed by atoms with van der Waals surface area (Å²) >= 11 is 1.52. The molecule has 0 atom stereocenters. The van der Waals surface area contributed by atoms with Crippen molar-refractivity contribution in [2.45, 2.75) is 32.1 Å². The zero-order valence-corrected chi connectivity index (χ0v) is 12.9. The third kappa shape index (κ3) is 7.22. The van der Waals surface area contributed by atoms with Crippen LogP contribution in [-0.2, 0) is 15.3 Å². The molecule has 1 aromatic carbocycles. The van der Waals surface area contributed by atoms with E-state index in [1.54, 1.807) is 0 Å². The van der Waals surface area contributed by atoms with E-state index in [2.05, 4.69) is 11.8 Å². The number of esters is 1. The molecule has 20 heavy (non-hydrogen) atoms. The van der Waals surface area contributed by atoms with Gasteiger partial charge in [0.15, 0.2) is 0 Å². The van der Waals surface area contributed by atoms with Gasteiger partial charge >= 0.3 is 5.97 Å². The molecule has 0 aliphatic carbocycles. The van der Waals surface area contributed by atoms with Gasteiger partial charge in [-0.25, -0.2) is 0 Å². The summed E-state index contributed by atoms with van der Waals surface area (Å²) in [6.07, 6.45) is 0. The number of aliphatic hydroxyl groups is 1. The van der Waals surface area contributed by atoms with Gasteiger partial charge in [-0.15, -0.1) is 11.8 Å². The van der Waals surface area contributed by atoms with Crippen LogP contribution in [-0.4, -0.2) is 29.0 Å². The maximum Gasteiger partial charge on any atom is 0.316 e. The Kier molecular flexibility index (Phi) is 6.63. The first-order chi connectivity index (χ1) is 9.40. The summed E-state index contributed by atoms with van der Waals surface area (Å²) in [5.41, 5.74) is 1.54. The van der Waals surface area contributed by atoms with Gasteiger partial charge in [0.1, 0.15) is 12.2 Å². The molecule has 1 aromatic rings. The zero-order valence-electron chi connectivity index (χ0n) is 12.1. The Labute approximate surface area is 124 Å². The lowest BCUT2D eigenvalue weighted by molar-refractivity contribution is -0.151. The van der Waals surface area contributed by atoms with Crippen molar-refractivity contribution in [3.05, 3.63) is 35.4 Å². The van der Waals surface area contributed by atoms with Gasteiger partial charge in [0.2, 0.25) is 0 Å². The number of hydrogen-bond acceptors (Lipinski definition) is 4. The molecule has 0 aliphatic heterocycles. The minimum Gasteiger partial charge on any atom is -0.459 e. The number of ether oxygens (including phenoxy) is 1. The molecule has 0 aromatic heterocycles. The minimum absolute atomic E-state index is 0.141. The largest absolute Gasteiger partial charge is 0.459 e. The number of rotatable bonds is 4. The molecule has 0 bridgehead atoms. The van der Waals surface area contributed by atoms with Gasteiger partial charge in [0.05, 0.1) is 5.75 Å². The average molecular weight is 292 g/mol. The van der Waals surface area contributed by atoms with Gasteiger partial charge in [-0.3, -0.25) is 4.79 Å². The van der Waals surface area contributed by atoms with E-state index in [9.17, 15) is 4.79 Å². The number of carbonyl (C=O) groups is 1. The van der Waals surface area contributed by atoms with Crippen LogP contribution in [0.15, 0.2) is 24.3 Å². The average Bonchev–Trinajstić information content (AvgIpc) is 2.34. The van der Waals surface area contributed by atoms with E-state index in [1.165, 1.54) is 11.8 Å². The molecule has 4 heteroatoms. The summed E-state index contributed by atoms with van der Waals surface area (Å²) in [6.45, 7) is 5.44. The lowest BCUT2D eigenvalue weighted by Crippen LogP contribution is -2.24. The normalized spacial score (nSPS) is 10.6. The Hall–Kier alpha value is -1.44. The van der Waals surface area contributed by atoms with Crippen molar-refractivity contribution >= 4 is 17.7 Å². The van der Waals surface area contributed by atoms with Crippen LogP contribution in [0.2, 0.25) is 0 Å². The number of hydrogen-bond donors (Lipinski definition) is 1. The summed E-state index contributed by atoms with van der Waals surface area (Å²) in [5, 5.41) is 8.66. The van der Waals surface area contributed by atoms with Crippen LogP contribution in [0, 0.1) is 11.8 Å². The molecule has 0 amide bonds. The first-order valence-electron chi connectivity index (χ1n) is 6.39. The fourth-order valence-corrected chi connectivity index (χ4v) is 2.25. The Morgan fingerprint density at radius 3 is 2.80 bits per heavy atom. The molecule has 0 saturated carbocycles. The third-order valence-electron chi connectivity index (χ3n) is 2.15. The van der Waals surface area contributed by atoms with E-state index in [0.717, 1.165) is 16.9 Å². The lowest BCUT2D eigenvalue weighted by Gasteiger charge is -2.19. The van der Waals surface area contributed by atoms with Crippen molar-refractivity contribution in [2.24, 2.45) is 0 Å². The molecule has 0 aliphatic rings. The quantitative estimate of drug-likeness (QED) is 0.684. The number of benzene rings is 1. The molecule has 1 N–H and O–H groups in total. The summed E-state index contributed by atoms with van der Waals surface area (Å²) in [7, 11) is 0. The highest BCUT2D eigenvalue weighted by atomic mass is 32.2. The van der Waals surface area contributed by atoms with Crippen LogP contribution in [0.1, 0.15) is 31.9 Å². The molecule has 0 radical (unpaired) electrons. The first-order valence-corrected chi connectivity index (χ1v) is 7.54. The highest BCUT2D eigenvalue weighted by molar-refractivity contribution is 7.99. The van der Waals surface area contributed by atoms with Crippen LogP contribution in [0.4, 0.5) is 0 Å². The Bertz CT molecular complexity index is 506. The highest BCUT2D eigenvalue weighted by Gasteiger charge is 2.15. The van der Waals surface area contributed by atoms with E-state index in [1.807, 2.05) is 45.0 Å². The van der Waals surface area contributed by atoms with E-state index < -0.39 is 5.60 Å². The van der Waals surface area contributed by atoms with Crippen molar-refractivity contribution in [3.63, 3.8) is 0 Å². The van der Waals surface area contributed by atoms with Crippen LogP contribution >= 0.6 is 11.8 Å². The monoisotopic (exact) mass is 292 g/mol. The third-order valence-corrected chi connectivity index (χ3v) is 3.12. The van der Waals surface area contributed by atoms with Gasteiger partial charge in [-0.1, -0.05) is 24.0 Å². The van der Waals surface area contributed by atoms with E-state index in [4.69, 9.17) is 9.84 Å². The molecule has 108 valence electrons. The second-order valence-electron chi connectivity index (χ2n) is 5.24. The molecular formula is C16H20O3S. The second kappa shape index (κ2) is 7.98. The molecule has 0 unspecified atom stereocenters. The second-order valence-corrected chi connectivity index (χ2v) is 6.23. The van der Waals surface area contributed by atoms with Crippen molar-refractivity contribution in [2.75, 3.05) is 12.4 Å². The SMILES string of the molecule is CC(C)(C)OC(=O)CSCc1cccc(C#CCO)c1. The summed E-state index contributed by atoms with van der Waals surface area (Å²) in [5.74, 6) is 6.35. The maximum atomic E-state index is 11.6. The van der Waals surface area contributed by atoms with Gasteiger partial charge < -0.3 is 9.84 Å². The van der Waals surface area contributed by atoms with Crippen LogP contribution in [0.3, 0.4) is 0 Å². The Balaban J connectivity index is 2.44. The molecule has 0 fully saturated rings. The van der Waals surface area contributed by atoms with Crippen LogP contribution in [0.5, 0.6) is 0 Å². The predicted octanol–water partition coefficient (Wildman–Crippen LogP) is 2.61. The van der Waals surface area contributed by atoms with Crippen LogP contribution in [0.25, 0.3) is 0 Å². The van der Waals surface area contributed by atoms with Gasteiger partial charge in [-0.05, 0) is 38.5 Å². The van der Waals surface area contributed by atoms with Crippen molar-refractivity contribution in [3.8, 4) is 11.8 Å². The smallest absolute Gasteiger partial charge is 0.316 e. The van der Waals surface area contributed by atoms with Crippen molar-refractivity contribution in [1.82, 2.24) is 0 Å². The topological polar surface area (TPSA) is 46.5 Å². The van der Waals surface area contributed by atoms with Gasteiger partial charge in [0, 0.05) is 11.3 Å². The fraction of sp³-hybridized carbons (Fsp3) is 0.438. The van der Waals surface area contributed by atoms with Crippen molar-refractivity contribution in [1.29, 1.82) is 0 Å². The fourth-order valence-electron chi connectivity index (χ4n) is 1.50. The van der Waals surface area contributed by atoms with Crippen LogP contribution < -0.4 is 0 Å². The summed E-state index contributed by atoms with van der Waals surface area (Å²) in [6, 6.07) is 7.77. The summed E-state index contributed by atoms with van der Waals surface area (Å²) < 4.78 is 5.24. The molecule has 3 nitrogen and oxygen atoms in total. The highest BCUT2D eigenvalue weighted by Crippen LogP contribution is 2.15. The Morgan fingerprint density at radius 1 is 1.40 bits per heavy atom. The Morgan fingerprint density at radius 2 is 2.15 bits per heavy atom. The van der Waals surface area contributed by atoms with Gasteiger partial charge in [-0.2, -0.15) is 0 Å². The summed E-state index contributed by atoms with van der Waals surface area (Å²) in [4.78, 5) is 11.6. The maximum absolute atomic E-state index is 11.6. The first kappa shape index (κ1) is 16.6. The lowest BCUT2D eigenvalue weighted by atomic mass is 10.1. The number of carbonyl (C=O) groups excluding carboxylic acids is 1. The molecule has 0 spiro atoms. The molecule has 0 heterocycles. The zero-order chi connectivity index (χ0) is 15.0. The molecular weight excluding hydrogens is 272 g/mol. The van der Waals surface area contributed by atoms with Crippen molar-refractivity contribution < 1.29 is 14.6 Å². The predicted molar refractivity (Wildman–Crippen MR) is 82.4 cm³/mol. The minimum atomic E-state index is -0.433. The number of aliphatic hydroxyl groups excluding tert-OH is 1. The van der Waals surface area contributed by atoms with E-state index in [-0.39, 0.29) is 12.6 Å². The standard InChI is InChI=1S/C16H20O3S/c1-16(2,3)19-15(18)12-20-11-14-7-4-6-13(10-14)8-5-9-17/h4,6-7,10,17H,9,11-12H2,1-3H3. The van der Waals surface area contributed by atoms with Gasteiger partial charge in [0.25, 0.3) is 0 Å². The number of thioether (sulfide) groups is 1.